The van der Waals surface area contributed by atoms with E-state index in [0.29, 0.717) is 11.6 Å². The van der Waals surface area contributed by atoms with Gasteiger partial charge < -0.3 is 5.11 Å². The molecule has 0 radical (unpaired) electrons. The molecule has 0 unspecified atom stereocenters. The average molecular weight is 336 g/mol. The van der Waals surface area contributed by atoms with Gasteiger partial charge in [0.05, 0.1) is 17.0 Å². The third-order valence-electron chi connectivity index (χ3n) is 4.91. The van der Waals surface area contributed by atoms with E-state index in [1.165, 1.54) is 37.7 Å². The first-order chi connectivity index (χ1) is 12.1. The first-order valence-corrected chi connectivity index (χ1v) is 8.88. The van der Waals surface area contributed by atoms with Crippen LogP contribution in [0.1, 0.15) is 66.4 Å². The molecule has 2 aromatic rings. The number of anilines is 1. The van der Waals surface area contributed by atoms with Crippen molar-refractivity contribution in [1.29, 1.82) is 0 Å². The quantitative estimate of drug-likeness (QED) is 0.577. The number of para-hydroxylation sites is 1. The highest BCUT2D eigenvalue weighted by Crippen LogP contribution is 2.32. The zero-order chi connectivity index (χ0) is 17.6. The number of hydrazone groups is 1. The van der Waals surface area contributed by atoms with Gasteiger partial charge >= 0.3 is 5.97 Å². The lowest BCUT2D eigenvalue weighted by atomic mass is 9.84. The molecule has 0 bridgehead atoms. The van der Waals surface area contributed by atoms with Gasteiger partial charge in [-0.2, -0.15) is 5.10 Å². The van der Waals surface area contributed by atoms with Crippen LogP contribution < -0.4 is 5.43 Å². The van der Waals surface area contributed by atoms with Crippen LogP contribution in [-0.4, -0.2) is 16.8 Å². The number of carboxylic acids is 1. The number of benzene rings is 2. The summed E-state index contributed by atoms with van der Waals surface area (Å²) >= 11 is 0. The maximum absolute atomic E-state index is 11.2. The number of hydrogen-bond donors (Lipinski definition) is 2. The molecule has 1 aliphatic carbocycles. The standard InChI is InChI=1S/C21H24N2O2/c1-15(22-23-20-10-6-5-9-19(20)21(24)25)16-11-13-18(14-12-16)17-7-3-2-4-8-17/h5-6,9-14,17,23H,2-4,7-8H2,1H3,(H,24,25)/b22-15+. The van der Waals surface area contributed by atoms with Crippen molar-refractivity contribution in [3.8, 4) is 0 Å². The molecule has 0 aromatic heterocycles. The maximum Gasteiger partial charge on any atom is 0.337 e. The number of carboxylic acid groups (broad SMARTS) is 1. The summed E-state index contributed by atoms with van der Waals surface area (Å²) in [6.07, 6.45) is 6.61. The predicted octanol–water partition coefficient (Wildman–Crippen LogP) is 5.27. The van der Waals surface area contributed by atoms with Crippen molar-refractivity contribution in [2.24, 2.45) is 5.10 Å². The van der Waals surface area contributed by atoms with E-state index in [9.17, 15) is 9.90 Å². The number of nitrogens with zero attached hydrogens (tertiary/aromatic N) is 1. The van der Waals surface area contributed by atoms with Crippen molar-refractivity contribution in [2.75, 3.05) is 5.43 Å². The van der Waals surface area contributed by atoms with E-state index < -0.39 is 5.97 Å². The Balaban J connectivity index is 1.71. The van der Waals surface area contributed by atoms with Gasteiger partial charge in [0.15, 0.2) is 0 Å². The fourth-order valence-corrected chi connectivity index (χ4v) is 3.41. The summed E-state index contributed by atoms with van der Waals surface area (Å²) in [5, 5.41) is 13.6. The lowest BCUT2D eigenvalue weighted by Gasteiger charge is -2.22. The molecule has 4 heteroatoms. The summed E-state index contributed by atoms with van der Waals surface area (Å²) in [6.45, 7) is 1.92. The van der Waals surface area contributed by atoms with Gasteiger partial charge in [0, 0.05) is 0 Å². The van der Waals surface area contributed by atoms with Crippen LogP contribution in [0.25, 0.3) is 0 Å². The highest BCUT2D eigenvalue weighted by Gasteiger charge is 2.15. The molecule has 0 saturated heterocycles. The number of carbonyl (C=O) groups is 1. The zero-order valence-corrected chi connectivity index (χ0v) is 14.5. The minimum Gasteiger partial charge on any atom is -0.478 e. The van der Waals surface area contributed by atoms with Crippen LogP contribution in [0.4, 0.5) is 5.69 Å². The van der Waals surface area contributed by atoms with Crippen LogP contribution in [0.5, 0.6) is 0 Å². The molecule has 0 heterocycles. The number of hydrogen-bond acceptors (Lipinski definition) is 3. The van der Waals surface area contributed by atoms with Gasteiger partial charge in [-0.3, -0.25) is 5.43 Å². The minimum atomic E-state index is -0.965. The van der Waals surface area contributed by atoms with E-state index in [1.54, 1.807) is 24.3 Å². The minimum absolute atomic E-state index is 0.215. The predicted molar refractivity (Wildman–Crippen MR) is 102 cm³/mol. The topological polar surface area (TPSA) is 61.7 Å². The lowest BCUT2D eigenvalue weighted by molar-refractivity contribution is 0.0698. The Hall–Kier alpha value is -2.62. The Labute approximate surface area is 148 Å². The summed E-state index contributed by atoms with van der Waals surface area (Å²) in [5.41, 5.74) is 6.87. The molecule has 4 nitrogen and oxygen atoms in total. The Bertz CT molecular complexity index is 760. The van der Waals surface area contributed by atoms with Crippen LogP contribution in [0, 0.1) is 0 Å². The molecule has 0 aliphatic heterocycles. The second kappa shape index (κ2) is 7.97. The van der Waals surface area contributed by atoms with Crippen molar-refractivity contribution in [3.63, 3.8) is 0 Å². The second-order valence-electron chi connectivity index (χ2n) is 6.62. The van der Waals surface area contributed by atoms with Gasteiger partial charge in [0.2, 0.25) is 0 Å². The molecule has 0 spiro atoms. The Kier molecular flexibility index (Phi) is 5.49. The summed E-state index contributed by atoms with van der Waals surface area (Å²) in [4.78, 5) is 11.2. The number of rotatable bonds is 5. The van der Waals surface area contributed by atoms with E-state index in [4.69, 9.17) is 0 Å². The van der Waals surface area contributed by atoms with Crippen LogP contribution in [-0.2, 0) is 0 Å². The lowest BCUT2D eigenvalue weighted by Crippen LogP contribution is -2.06. The van der Waals surface area contributed by atoms with Crippen molar-refractivity contribution in [2.45, 2.75) is 44.9 Å². The molecule has 2 aromatic carbocycles. The average Bonchev–Trinajstić information content (AvgIpc) is 2.67. The monoisotopic (exact) mass is 336 g/mol. The largest absolute Gasteiger partial charge is 0.478 e. The Morgan fingerprint density at radius 1 is 1.04 bits per heavy atom. The molecule has 130 valence electrons. The fraction of sp³-hybridized carbons (Fsp3) is 0.333. The van der Waals surface area contributed by atoms with Gasteiger partial charge in [0.1, 0.15) is 0 Å². The van der Waals surface area contributed by atoms with Crippen molar-refractivity contribution >= 4 is 17.4 Å². The smallest absolute Gasteiger partial charge is 0.337 e. The van der Waals surface area contributed by atoms with Gasteiger partial charge in [-0.1, -0.05) is 55.7 Å². The van der Waals surface area contributed by atoms with E-state index in [-0.39, 0.29) is 5.56 Å². The van der Waals surface area contributed by atoms with Crippen LogP contribution in [0.3, 0.4) is 0 Å². The van der Waals surface area contributed by atoms with Crippen LogP contribution in [0.15, 0.2) is 53.6 Å². The molecule has 2 N–H and O–H groups in total. The summed E-state index contributed by atoms with van der Waals surface area (Å²) in [7, 11) is 0. The summed E-state index contributed by atoms with van der Waals surface area (Å²) in [5.74, 6) is -0.270. The molecular weight excluding hydrogens is 312 g/mol. The van der Waals surface area contributed by atoms with Gasteiger partial charge in [-0.05, 0) is 48.9 Å². The highest BCUT2D eigenvalue weighted by atomic mass is 16.4. The zero-order valence-electron chi connectivity index (χ0n) is 14.5. The second-order valence-corrected chi connectivity index (χ2v) is 6.62. The van der Waals surface area contributed by atoms with Crippen molar-refractivity contribution in [3.05, 3.63) is 65.2 Å². The molecule has 1 saturated carbocycles. The first kappa shape index (κ1) is 17.2. The van der Waals surface area contributed by atoms with E-state index in [1.807, 2.05) is 6.92 Å². The summed E-state index contributed by atoms with van der Waals surface area (Å²) in [6, 6.07) is 15.4. The summed E-state index contributed by atoms with van der Waals surface area (Å²) < 4.78 is 0. The molecular formula is C21H24N2O2. The fourth-order valence-electron chi connectivity index (χ4n) is 3.41. The third-order valence-corrected chi connectivity index (χ3v) is 4.91. The normalized spacial score (nSPS) is 15.8. The number of nitrogens with one attached hydrogen (secondary N) is 1. The Morgan fingerprint density at radius 2 is 1.72 bits per heavy atom. The van der Waals surface area contributed by atoms with Crippen LogP contribution >= 0.6 is 0 Å². The van der Waals surface area contributed by atoms with E-state index >= 15 is 0 Å². The van der Waals surface area contributed by atoms with E-state index in [0.717, 1.165) is 11.3 Å². The van der Waals surface area contributed by atoms with Crippen molar-refractivity contribution in [1.82, 2.24) is 0 Å². The van der Waals surface area contributed by atoms with Crippen LogP contribution in [0.2, 0.25) is 0 Å². The van der Waals surface area contributed by atoms with Gasteiger partial charge in [-0.25, -0.2) is 4.79 Å². The number of aromatic carboxylic acids is 1. The highest BCUT2D eigenvalue weighted by molar-refractivity contribution is 5.99. The van der Waals surface area contributed by atoms with Gasteiger partial charge in [-0.15, -0.1) is 0 Å². The Morgan fingerprint density at radius 3 is 2.40 bits per heavy atom. The molecule has 0 atom stereocenters. The first-order valence-electron chi connectivity index (χ1n) is 8.88. The molecule has 1 fully saturated rings. The third kappa shape index (κ3) is 4.27. The molecule has 0 amide bonds. The van der Waals surface area contributed by atoms with Crippen molar-refractivity contribution < 1.29 is 9.90 Å². The maximum atomic E-state index is 11.2. The molecule has 25 heavy (non-hydrogen) atoms. The van der Waals surface area contributed by atoms with Gasteiger partial charge in [0.25, 0.3) is 0 Å². The molecule has 1 aliphatic rings. The SMILES string of the molecule is C/C(=N\Nc1ccccc1C(=O)O)c1ccc(C2CCCCC2)cc1. The van der Waals surface area contributed by atoms with E-state index in [2.05, 4.69) is 34.8 Å². The molecule has 3 rings (SSSR count).